The highest BCUT2D eigenvalue weighted by molar-refractivity contribution is 6.06. The molecule has 1 aliphatic heterocycles. The van der Waals surface area contributed by atoms with Crippen molar-refractivity contribution < 1.29 is 9.59 Å². The lowest BCUT2D eigenvalue weighted by Gasteiger charge is -2.21. The molecule has 0 N–H and O–H groups in total. The second-order valence-corrected chi connectivity index (χ2v) is 5.88. The fourth-order valence-electron chi connectivity index (χ4n) is 3.42. The maximum absolute atomic E-state index is 12.6. The van der Waals surface area contributed by atoms with E-state index in [4.69, 9.17) is 0 Å². The largest absolute Gasteiger partial charge is 0.278 e. The Hall–Kier alpha value is -1.64. The van der Waals surface area contributed by atoms with Crippen molar-refractivity contribution in [1.29, 1.82) is 0 Å². The molecule has 0 unspecified atom stereocenters. The molecule has 1 saturated carbocycles. The number of imide groups is 1. The predicted molar refractivity (Wildman–Crippen MR) is 72.3 cm³/mol. The van der Waals surface area contributed by atoms with Crippen LogP contribution in [0.5, 0.6) is 0 Å². The molecule has 1 spiro atoms. The lowest BCUT2D eigenvalue weighted by atomic mass is 9.84. The van der Waals surface area contributed by atoms with E-state index < -0.39 is 0 Å². The van der Waals surface area contributed by atoms with Gasteiger partial charge in [0.2, 0.25) is 11.8 Å². The first-order valence-corrected chi connectivity index (χ1v) is 7.02. The lowest BCUT2D eigenvalue weighted by Crippen LogP contribution is -2.34. The number of nitrogens with zero attached hydrogens (tertiary/aromatic N) is 1. The molecule has 2 fully saturated rings. The average Bonchev–Trinajstić information content (AvgIpc) is 2.94. The topological polar surface area (TPSA) is 37.4 Å². The van der Waals surface area contributed by atoms with Crippen molar-refractivity contribution in [3.63, 3.8) is 0 Å². The quantitative estimate of drug-likeness (QED) is 0.764. The third kappa shape index (κ3) is 1.97. The number of carbonyl (C=O) groups excluding carboxylic acids is 2. The van der Waals surface area contributed by atoms with Crippen LogP contribution in [0.25, 0.3) is 0 Å². The fraction of sp³-hybridized carbons (Fsp3) is 0.500. The standard InChI is InChI=1S/C16H19NO2/c1-12-6-2-3-7-13(12)11-17-14(18)10-16(15(17)19)8-4-5-9-16/h2-3,6-7H,4-5,8-11H2,1H3. The molecular formula is C16H19NO2. The number of amides is 2. The third-order valence-electron chi connectivity index (χ3n) is 4.64. The van der Waals surface area contributed by atoms with Crippen LogP contribution in [-0.2, 0) is 16.1 Å². The van der Waals surface area contributed by atoms with Crippen molar-refractivity contribution in [2.45, 2.75) is 45.6 Å². The Morgan fingerprint density at radius 1 is 1.16 bits per heavy atom. The van der Waals surface area contributed by atoms with E-state index in [1.165, 1.54) is 4.90 Å². The van der Waals surface area contributed by atoms with Gasteiger partial charge in [-0.2, -0.15) is 0 Å². The van der Waals surface area contributed by atoms with Crippen LogP contribution in [0.4, 0.5) is 0 Å². The van der Waals surface area contributed by atoms with E-state index in [1.54, 1.807) is 0 Å². The number of likely N-dealkylation sites (tertiary alicyclic amines) is 1. The minimum absolute atomic E-state index is 0.00940. The average molecular weight is 257 g/mol. The first-order chi connectivity index (χ1) is 9.12. The Kier molecular flexibility index (Phi) is 2.92. The molecule has 1 saturated heterocycles. The summed E-state index contributed by atoms with van der Waals surface area (Å²) in [6.45, 7) is 2.46. The molecule has 2 aliphatic rings. The van der Waals surface area contributed by atoms with Crippen LogP contribution in [0.15, 0.2) is 24.3 Å². The number of hydrogen-bond acceptors (Lipinski definition) is 2. The van der Waals surface area contributed by atoms with Crippen LogP contribution in [0.2, 0.25) is 0 Å². The van der Waals surface area contributed by atoms with Gasteiger partial charge in [-0.1, -0.05) is 37.1 Å². The summed E-state index contributed by atoms with van der Waals surface area (Å²) in [5.41, 5.74) is 1.86. The summed E-state index contributed by atoms with van der Waals surface area (Å²) in [7, 11) is 0. The van der Waals surface area contributed by atoms with Gasteiger partial charge < -0.3 is 0 Å². The Morgan fingerprint density at radius 3 is 2.53 bits per heavy atom. The number of rotatable bonds is 2. The van der Waals surface area contributed by atoms with Crippen LogP contribution < -0.4 is 0 Å². The van der Waals surface area contributed by atoms with E-state index in [0.29, 0.717) is 13.0 Å². The molecule has 3 nitrogen and oxygen atoms in total. The molecule has 0 atom stereocenters. The first-order valence-electron chi connectivity index (χ1n) is 7.02. The Bertz CT molecular complexity index is 529. The molecule has 1 aromatic carbocycles. The Morgan fingerprint density at radius 2 is 1.84 bits per heavy atom. The van der Waals surface area contributed by atoms with Crippen molar-refractivity contribution in [2.24, 2.45) is 5.41 Å². The summed E-state index contributed by atoms with van der Waals surface area (Å²) in [6.07, 6.45) is 4.37. The highest BCUT2D eigenvalue weighted by atomic mass is 16.2. The van der Waals surface area contributed by atoms with Gasteiger partial charge in [-0.15, -0.1) is 0 Å². The lowest BCUT2D eigenvalue weighted by molar-refractivity contribution is -0.142. The highest BCUT2D eigenvalue weighted by Gasteiger charge is 2.52. The van der Waals surface area contributed by atoms with E-state index in [2.05, 4.69) is 0 Å². The second kappa shape index (κ2) is 4.48. The summed E-state index contributed by atoms with van der Waals surface area (Å²) in [5.74, 6) is 0.0772. The van der Waals surface area contributed by atoms with Crippen molar-refractivity contribution in [2.75, 3.05) is 0 Å². The molecule has 3 rings (SSSR count). The van der Waals surface area contributed by atoms with Gasteiger partial charge in [0.1, 0.15) is 0 Å². The molecule has 0 bridgehead atoms. The van der Waals surface area contributed by atoms with Gasteiger partial charge in [-0.3, -0.25) is 14.5 Å². The number of aryl methyl sites for hydroxylation is 1. The van der Waals surface area contributed by atoms with Crippen molar-refractivity contribution in [3.05, 3.63) is 35.4 Å². The summed E-state index contributed by atoms with van der Waals surface area (Å²) < 4.78 is 0. The molecule has 1 heterocycles. The van der Waals surface area contributed by atoms with Gasteiger partial charge >= 0.3 is 0 Å². The van der Waals surface area contributed by atoms with E-state index in [0.717, 1.165) is 36.8 Å². The molecule has 100 valence electrons. The van der Waals surface area contributed by atoms with Crippen LogP contribution in [-0.4, -0.2) is 16.7 Å². The molecule has 2 amide bonds. The summed E-state index contributed by atoms with van der Waals surface area (Å²) in [4.78, 5) is 26.2. The van der Waals surface area contributed by atoms with Gasteiger partial charge in [0, 0.05) is 6.42 Å². The third-order valence-corrected chi connectivity index (χ3v) is 4.64. The molecule has 1 aliphatic carbocycles. The maximum atomic E-state index is 12.6. The number of benzene rings is 1. The van der Waals surface area contributed by atoms with Crippen molar-refractivity contribution in [1.82, 2.24) is 4.90 Å². The van der Waals surface area contributed by atoms with Gasteiger partial charge in [-0.25, -0.2) is 0 Å². The molecule has 3 heteroatoms. The SMILES string of the molecule is Cc1ccccc1CN1C(=O)CC2(CCCC2)C1=O. The van der Waals surface area contributed by atoms with E-state index in [1.807, 2.05) is 31.2 Å². The molecule has 1 aromatic rings. The number of hydrogen-bond donors (Lipinski definition) is 0. The van der Waals surface area contributed by atoms with Crippen molar-refractivity contribution in [3.8, 4) is 0 Å². The fourth-order valence-corrected chi connectivity index (χ4v) is 3.42. The summed E-state index contributed by atoms with van der Waals surface area (Å²) >= 11 is 0. The Labute approximate surface area is 113 Å². The van der Waals surface area contributed by atoms with Gasteiger partial charge in [0.15, 0.2) is 0 Å². The molecule has 0 aromatic heterocycles. The minimum Gasteiger partial charge on any atom is -0.278 e. The highest BCUT2D eigenvalue weighted by Crippen LogP contribution is 2.47. The van der Waals surface area contributed by atoms with E-state index >= 15 is 0 Å². The maximum Gasteiger partial charge on any atom is 0.236 e. The van der Waals surface area contributed by atoms with E-state index in [-0.39, 0.29) is 17.2 Å². The summed E-state index contributed by atoms with van der Waals surface area (Å²) in [6, 6.07) is 7.95. The van der Waals surface area contributed by atoms with Crippen LogP contribution in [0.3, 0.4) is 0 Å². The normalized spacial score (nSPS) is 21.6. The van der Waals surface area contributed by atoms with Gasteiger partial charge in [0.25, 0.3) is 0 Å². The van der Waals surface area contributed by atoms with Gasteiger partial charge in [0.05, 0.1) is 12.0 Å². The van der Waals surface area contributed by atoms with Crippen LogP contribution in [0.1, 0.15) is 43.2 Å². The van der Waals surface area contributed by atoms with Crippen molar-refractivity contribution >= 4 is 11.8 Å². The molecule has 19 heavy (non-hydrogen) atoms. The van der Waals surface area contributed by atoms with E-state index in [9.17, 15) is 9.59 Å². The molecular weight excluding hydrogens is 238 g/mol. The minimum atomic E-state index is -0.347. The molecule has 0 radical (unpaired) electrons. The Balaban J connectivity index is 1.84. The zero-order valence-electron chi connectivity index (χ0n) is 11.3. The first kappa shape index (κ1) is 12.4. The smallest absolute Gasteiger partial charge is 0.236 e. The zero-order valence-corrected chi connectivity index (χ0v) is 11.3. The number of carbonyl (C=O) groups is 2. The predicted octanol–water partition coefficient (Wildman–Crippen LogP) is 2.81. The van der Waals surface area contributed by atoms with Gasteiger partial charge in [-0.05, 0) is 30.9 Å². The summed E-state index contributed by atoms with van der Waals surface area (Å²) in [5, 5.41) is 0. The van der Waals surface area contributed by atoms with Crippen LogP contribution in [0, 0.1) is 12.3 Å². The second-order valence-electron chi connectivity index (χ2n) is 5.88. The van der Waals surface area contributed by atoms with Crippen LogP contribution >= 0.6 is 0 Å². The zero-order chi connectivity index (χ0) is 13.5. The monoisotopic (exact) mass is 257 g/mol.